The number of hydrogen-bond acceptors (Lipinski definition) is 5. The molecule has 1 N–H and O–H groups in total. The topological polar surface area (TPSA) is 69.2 Å². The van der Waals surface area contributed by atoms with E-state index in [9.17, 15) is 4.79 Å². The molecule has 144 valence electrons. The molecular formula is C21H26N2O4. The zero-order valence-electron chi connectivity index (χ0n) is 16.0. The maximum absolute atomic E-state index is 12.1. The van der Waals surface area contributed by atoms with E-state index in [0.29, 0.717) is 29.4 Å². The van der Waals surface area contributed by atoms with Gasteiger partial charge in [-0.25, -0.2) is 5.43 Å². The molecule has 0 bridgehead atoms. The largest absolute Gasteiger partial charge is 0.497 e. The molecule has 0 aliphatic rings. The van der Waals surface area contributed by atoms with Gasteiger partial charge in [0.15, 0.2) is 11.5 Å². The van der Waals surface area contributed by atoms with Crippen LogP contribution in [0.5, 0.6) is 17.2 Å². The van der Waals surface area contributed by atoms with Crippen LogP contribution in [0.4, 0.5) is 0 Å². The number of nitrogens with zero attached hydrogens (tertiary/aromatic N) is 1. The van der Waals surface area contributed by atoms with Crippen molar-refractivity contribution in [3.63, 3.8) is 0 Å². The number of hydrogen-bond donors (Lipinski definition) is 1. The first-order valence-corrected chi connectivity index (χ1v) is 8.96. The van der Waals surface area contributed by atoms with Gasteiger partial charge >= 0.3 is 0 Å². The number of rotatable bonds is 10. The third kappa shape index (κ3) is 6.33. The smallest absolute Gasteiger partial charge is 0.271 e. The van der Waals surface area contributed by atoms with Crippen LogP contribution in [-0.2, 0) is 0 Å². The van der Waals surface area contributed by atoms with E-state index < -0.39 is 0 Å². The Bertz CT molecular complexity index is 757. The standard InChI is InChI=1S/C21H26N2O4/c1-4-5-6-13-27-19-12-7-16(14-20(19)26-3)15-22-23-21(24)17-8-10-18(25-2)11-9-17/h7-12,14-15H,4-6,13H2,1-3H3,(H,23,24). The minimum Gasteiger partial charge on any atom is -0.497 e. The first-order chi connectivity index (χ1) is 13.2. The van der Waals surface area contributed by atoms with Gasteiger partial charge in [0.2, 0.25) is 0 Å². The number of hydrazone groups is 1. The third-order valence-electron chi connectivity index (χ3n) is 3.93. The molecular weight excluding hydrogens is 344 g/mol. The lowest BCUT2D eigenvalue weighted by atomic mass is 10.2. The highest BCUT2D eigenvalue weighted by Crippen LogP contribution is 2.27. The fourth-order valence-corrected chi connectivity index (χ4v) is 2.39. The van der Waals surface area contributed by atoms with Crippen molar-refractivity contribution in [1.29, 1.82) is 0 Å². The number of benzene rings is 2. The zero-order valence-corrected chi connectivity index (χ0v) is 16.0. The SMILES string of the molecule is CCCCCOc1ccc(C=NNC(=O)c2ccc(OC)cc2)cc1OC. The van der Waals surface area contributed by atoms with Crippen molar-refractivity contribution in [1.82, 2.24) is 5.43 Å². The summed E-state index contributed by atoms with van der Waals surface area (Å²) in [6.45, 7) is 2.82. The van der Waals surface area contributed by atoms with Crippen LogP contribution >= 0.6 is 0 Å². The maximum Gasteiger partial charge on any atom is 0.271 e. The van der Waals surface area contributed by atoms with Crippen LogP contribution in [-0.4, -0.2) is 32.9 Å². The number of unbranched alkanes of at least 4 members (excludes halogenated alkanes) is 2. The molecule has 0 unspecified atom stereocenters. The highest BCUT2D eigenvalue weighted by molar-refractivity contribution is 5.95. The Morgan fingerprint density at radius 3 is 2.48 bits per heavy atom. The summed E-state index contributed by atoms with van der Waals surface area (Å²) in [4.78, 5) is 12.1. The second kappa shape index (κ2) is 10.9. The molecule has 0 heterocycles. The van der Waals surface area contributed by atoms with Gasteiger partial charge < -0.3 is 14.2 Å². The van der Waals surface area contributed by atoms with E-state index in [4.69, 9.17) is 14.2 Å². The van der Waals surface area contributed by atoms with Crippen LogP contribution in [0.3, 0.4) is 0 Å². The Morgan fingerprint density at radius 2 is 1.81 bits per heavy atom. The molecule has 0 saturated carbocycles. The monoisotopic (exact) mass is 370 g/mol. The van der Waals surface area contributed by atoms with E-state index in [1.165, 1.54) is 0 Å². The van der Waals surface area contributed by atoms with Gasteiger partial charge in [0.1, 0.15) is 5.75 Å². The summed E-state index contributed by atoms with van der Waals surface area (Å²) in [6.07, 6.45) is 4.87. The summed E-state index contributed by atoms with van der Waals surface area (Å²) >= 11 is 0. The Hall–Kier alpha value is -3.02. The Balaban J connectivity index is 1.94. The second-order valence-corrected chi connectivity index (χ2v) is 5.89. The lowest BCUT2D eigenvalue weighted by Gasteiger charge is -2.11. The molecule has 0 aliphatic carbocycles. The number of methoxy groups -OCH3 is 2. The van der Waals surface area contributed by atoms with Crippen LogP contribution < -0.4 is 19.6 Å². The number of amides is 1. The molecule has 2 rings (SSSR count). The van der Waals surface area contributed by atoms with E-state index in [-0.39, 0.29) is 5.91 Å². The summed E-state index contributed by atoms with van der Waals surface area (Å²) in [5, 5.41) is 4.00. The summed E-state index contributed by atoms with van der Waals surface area (Å²) in [7, 11) is 3.18. The fourth-order valence-electron chi connectivity index (χ4n) is 2.39. The highest BCUT2D eigenvalue weighted by Gasteiger charge is 2.06. The molecule has 0 radical (unpaired) electrons. The lowest BCUT2D eigenvalue weighted by molar-refractivity contribution is 0.0955. The average molecular weight is 370 g/mol. The fraction of sp³-hybridized carbons (Fsp3) is 0.333. The number of carbonyl (C=O) groups excluding carboxylic acids is 1. The van der Waals surface area contributed by atoms with Gasteiger partial charge in [-0.15, -0.1) is 0 Å². The molecule has 1 amide bonds. The quantitative estimate of drug-likeness (QED) is 0.389. The van der Waals surface area contributed by atoms with Crippen molar-refractivity contribution < 1.29 is 19.0 Å². The minimum absolute atomic E-state index is 0.295. The van der Waals surface area contributed by atoms with Crippen molar-refractivity contribution in [2.24, 2.45) is 5.10 Å². The van der Waals surface area contributed by atoms with Crippen LogP contribution in [0.25, 0.3) is 0 Å². The van der Waals surface area contributed by atoms with Gasteiger partial charge in [-0.2, -0.15) is 5.10 Å². The third-order valence-corrected chi connectivity index (χ3v) is 3.93. The zero-order chi connectivity index (χ0) is 19.5. The molecule has 0 spiro atoms. The van der Waals surface area contributed by atoms with Crippen molar-refractivity contribution in [3.05, 3.63) is 53.6 Å². The molecule has 2 aromatic carbocycles. The predicted molar refractivity (Wildman–Crippen MR) is 106 cm³/mol. The molecule has 0 saturated heterocycles. The van der Waals surface area contributed by atoms with E-state index in [1.54, 1.807) is 44.7 Å². The number of carbonyl (C=O) groups is 1. The molecule has 0 fully saturated rings. The molecule has 6 heteroatoms. The second-order valence-electron chi connectivity index (χ2n) is 5.89. The molecule has 0 atom stereocenters. The molecule has 6 nitrogen and oxygen atoms in total. The first-order valence-electron chi connectivity index (χ1n) is 8.96. The summed E-state index contributed by atoms with van der Waals surface area (Å²) < 4.78 is 16.2. The van der Waals surface area contributed by atoms with Crippen LogP contribution in [0.1, 0.15) is 42.1 Å². The number of nitrogens with one attached hydrogen (secondary N) is 1. The summed E-state index contributed by atoms with van der Waals surface area (Å²) in [6, 6.07) is 12.3. The molecule has 27 heavy (non-hydrogen) atoms. The highest BCUT2D eigenvalue weighted by atomic mass is 16.5. The van der Waals surface area contributed by atoms with Crippen LogP contribution in [0.2, 0.25) is 0 Å². The minimum atomic E-state index is -0.295. The summed E-state index contributed by atoms with van der Waals surface area (Å²) in [5.74, 6) is 1.74. The molecule has 2 aromatic rings. The summed E-state index contributed by atoms with van der Waals surface area (Å²) in [5.41, 5.74) is 3.80. The number of ether oxygens (including phenoxy) is 3. The average Bonchev–Trinajstić information content (AvgIpc) is 2.71. The van der Waals surface area contributed by atoms with E-state index >= 15 is 0 Å². The van der Waals surface area contributed by atoms with Crippen molar-refractivity contribution >= 4 is 12.1 Å². The van der Waals surface area contributed by atoms with Gasteiger partial charge in [0.25, 0.3) is 5.91 Å². The first kappa shape index (κ1) is 20.3. The van der Waals surface area contributed by atoms with Crippen LogP contribution in [0, 0.1) is 0 Å². The van der Waals surface area contributed by atoms with Gasteiger partial charge in [-0.1, -0.05) is 19.8 Å². The van der Waals surface area contributed by atoms with Crippen molar-refractivity contribution in [2.45, 2.75) is 26.2 Å². The normalized spacial score (nSPS) is 10.6. The predicted octanol–water partition coefficient (Wildman–Crippen LogP) is 4.04. The van der Waals surface area contributed by atoms with Gasteiger partial charge in [-0.05, 0) is 54.4 Å². The Morgan fingerprint density at radius 1 is 1.04 bits per heavy atom. The molecule has 0 aromatic heterocycles. The van der Waals surface area contributed by atoms with Gasteiger partial charge in [0, 0.05) is 5.56 Å². The Kier molecular flexibility index (Phi) is 8.16. The lowest BCUT2D eigenvalue weighted by Crippen LogP contribution is -2.17. The van der Waals surface area contributed by atoms with Gasteiger partial charge in [0.05, 0.1) is 27.0 Å². The van der Waals surface area contributed by atoms with Crippen LogP contribution in [0.15, 0.2) is 47.6 Å². The Labute approximate surface area is 160 Å². The van der Waals surface area contributed by atoms with Gasteiger partial charge in [-0.3, -0.25) is 4.79 Å². The van der Waals surface area contributed by atoms with Crippen molar-refractivity contribution in [2.75, 3.05) is 20.8 Å². The van der Waals surface area contributed by atoms with E-state index in [0.717, 1.165) is 24.8 Å². The van der Waals surface area contributed by atoms with E-state index in [1.807, 2.05) is 18.2 Å². The van der Waals surface area contributed by atoms with E-state index in [2.05, 4.69) is 17.5 Å². The maximum atomic E-state index is 12.1. The van der Waals surface area contributed by atoms with Crippen molar-refractivity contribution in [3.8, 4) is 17.2 Å². The molecule has 0 aliphatic heterocycles.